The van der Waals surface area contributed by atoms with E-state index < -0.39 is 0 Å². The quantitative estimate of drug-likeness (QED) is 0.583. The summed E-state index contributed by atoms with van der Waals surface area (Å²) in [5.41, 5.74) is 4.37. The third-order valence-electron chi connectivity index (χ3n) is 3.48. The fourth-order valence-electron chi connectivity index (χ4n) is 2.59. The number of benzene rings is 1. The van der Waals surface area contributed by atoms with Crippen LogP contribution in [0.25, 0.3) is 0 Å². The molecule has 0 radical (unpaired) electrons. The lowest BCUT2D eigenvalue weighted by Gasteiger charge is -2.22. The lowest BCUT2D eigenvalue weighted by atomic mass is 9.93. The molecule has 0 aliphatic heterocycles. The lowest BCUT2D eigenvalue weighted by molar-refractivity contribution is 0.361. The highest BCUT2D eigenvalue weighted by molar-refractivity contribution is 5.16. The summed E-state index contributed by atoms with van der Waals surface area (Å²) in [6.07, 6.45) is 6.47. The van der Waals surface area contributed by atoms with E-state index in [1.807, 2.05) is 0 Å². The van der Waals surface area contributed by atoms with Gasteiger partial charge in [-0.3, -0.25) is 11.3 Å². The first-order chi connectivity index (χ1) is 7.40. The van der Waals surface area contributed by atoms with Crippen LogP contribution in [0.1, 0.15) is 31.2 Å². The largest absolute Gasteiger partial charge is 0.271 e. The second kappa shape index (κ2) is 5.29. The molecule has 82 valence electrons. The fourth-order valence-corrected chi connectivity index (χ4v) is 2.59. The second-order valence-electron chi connectivity index (χ2n) is 4.51. The summed E-state index contributed by atoms with van der Waals surface area (Å²) in [5, 5.41) is 0. The zero-order chi connectivity index (χ0) is 10.5. The number of nitrogens with two attached hydrogens (primary N) is 1. The monoisotopic (exact) mass is 204 g/mol. The maximum atomic E-state index is 5.65. The van der Waals surface area contributed by atoms with Crippen LogP contribution < -0.4 is 11.3 Å². The van der Waals surface area contributed by atoms with Crippen LogP contribution in [0.15, 0.2) is 30.3 Å². The molecule has 1 aromatic rings. The standard InChI is InChI=1S/C13H20N2/c14-15-13(12-8-4-5-9-12)10-11-6-2-1-3-7-11/h1-3,6-7,12-13,15H,4-5,8-10,14H2. The predicted molar refractivity (Wildman–Crippen MR) is 63.2 cm³/mol. The van der Waals surface area contributed by atoms with Gasteiger partial charge >= 0.3 is 0 Å². The predicted octanol–water partition coefficient (Wildman–Crippen LogP) is 2.25. The third-order valence-corrected chi connectivity index (χ3v) is 3.48. The van der Waals surface area contributed by atoms with E-state index in [0.29, 0.717) is 6.04 Å². The minimum absolute atomic E-state index is 0.454. The highest BCUT2D eigenvalue weighted by Crippen LogP contribution is 2.28. The molecule has 1 aliphatic carbocycles. The molecule has 0 heterocycles. The molecule has 1 aromatic carbocycles. The van der Waals surface area contributed by atoms with Gasteiger partial charge in [0, 0.05) is 6.04 Å². The van der Waals surface area contributed by atoms with Crippen molar-refractivity contribution in [3.63, 3.8) is 0 Å². The second-order valence-corrected chi connectivity index (χ2v) is 4.51. The van der Waals surface area contributed by atoms with Crippen molar-refractivity contribution in [3.05, 3.63) is 35.9 Å². The Bertz CT molecular complexity index is 278. The Morgan fingerprint density at radius 2 is 1.87 bits per heavy atom. The SMILES string of the molecule is NNC(Cc1ccccc1)C1CCCC1. The molecule has 15 heavy (non-hydrogen) atoms. The summed E-state index contributed by atoms with van der Waals surface area (Å²) in [4.78, 5) is 0. The zero-order valence-corrected chi connectivity index (χ0v) is 9.15. The van der Waals surface area contributed by atoms with Gasteiger partial charge in [-0.15, -0.1) is 0 Å². The van der Waals surface area contributed by atoms with Crippen LogP contribution in [-0.2, 0) is 6.42 Å². The highest BCUT2D eigenvalue weighted by atomic mass is 15.2. The van der Waals surface area contributed by atoms with Crippen molar-refractivity contribution in [2.75, 3.05) is 0 Å². The molecular weight excluding hydrogens is 184 g/mol. The first-order valence-corrected chi connectivity index (χ1v) is 5.90. The summed E-state index contributed by atoms with van der Waals surface area (Å²) >= 11 is 0. The Morgan fingerprint density at radius 1 is 1.20 bits per heavy atom. The van der Waals surface area contributed by atoms with Gasteiger partial charge < -0.3 is 0 Å². The van der Waals surface area contributed by atoms with Gasteiger partial charge in [0.1, 0.15) is 0 Å². The van der Waals surface area contributed by atoms with Gasteiger partial charge in [0.15, 0.2) is 0 Å². The maximum Gasteiger partial charge on any atom is 0.0279 e. The third kappa shape index (κ3) is 2.80. The first-order valence-electron chi connectivity index (χ1n) is 5.90. The highest BCUT2D eigenvalue weighted by Gasteiger charge is 2.23. The van der Waals surface area contributed by atoms with Gasteiger partial charge in [-0.1, -0.05) is 43.2 Å². The average molecular weight is 204 g/mol. The summed E-state index contributed by atoms with van der Waals surface area (Å²) in [7, 11) is 0. The van der Waals surface area contributed by atoms with Crippen molar-refractivity contribution in [3.8, 4) is 0 Å². The minimum Gasteiger partial charge on any atom is -0.271 e. The Labute approximate surface area is 91.8 Å². The summed E-state index contributed by atoms with van der Waals surface area (Å²) < 4.78 is 0. The molecule has 0 spiro atoms. The van der Waals surface area contributed by atoms with Gasteiger partial charge in [0.25, 0.3) is 0 Å². The van der Waals surface area contributed by atoms with Gasteiger partial charge in [0.05, 0.1) is 0 Å². The van der Waals surface area contributed by atoms with E-state index in [0.717, 1.165) is 12.3 Å². The molecule has 0 saturated heterocycles. The molecule has 2 nitrogen and oxygen atoms in total. The zero-order valence-electron chi connectivity index (χ0n) is 9.15. The fraction of sp³-hybridized carbons (Fsp3) is 0.538. The molecule has 1 atom stereocenters. The summed E-state index contributed by atoms with van der Waals surface area (Å²) in [5.74, 6) is 6.42. The first kappa shape index (κ1) is 10.7. The number of rotatable bonds is 4. The number of nitrogens with one attached hydrogen (secondary N) is 1. The molecule has 0 amide bonds. The Morgan fingerprint density at radius 3 is 2.47 bits per heavy atom. The van der Waals surface area contributed by atoms with E-state index in [1.165, 1.54) is 31.2 Å². The van der Waals surface area contributed by atoms with Crippen molar-refractivity contribution in [1.82, 2.24) is 5.43 Å². The van der Waals surface area contributed by atoms with Crippen LogP contribution in [0.5, 0.6) is 0 Å². The maximum absolute atomic E-state index is 5.65. The molecule has 2 heteroatoms. The van der Waals surface area contributed by atoms with E-state index >= 15 is 0 Å². The van der Waals surface area contributed by atoms with E-state index in [2.05, 4.69) is 35.8 Å². The molecule has 1 aliphatic rings. The van der Waals surface area contributed by atoms with Crippen LogP contribution in [0, 0.1) is 5.92 Å². The van der Waals surface area contributed by atoms with Crippen molar-refractivity contribution < 1.29 is 0 Å². The van der Waals surface area contributed by atoms with Crippen molar-refractivity contribution in [1.29, 1.82) is 0 Å². The van der Waals surface area contributed by atoms with Gasteiger partial charge in [-0.25, -0.2) is 0 Å². The van der Waals surface area contributed by atoms with Crippen LogP contribution in [0.3, 0.4) is 0 Å². The Hall–Kier alpha value is -0.860. The topological polar surface area (TPSA) is 38.0 Å². The molecule has 3 N–H and O–H groups in total. The van der Waals surface area contributed by atoms with E-state index in [4.69, 9.17) is 5.84 Å². The smallest absolute Gasteiger partial charge is 0.0279 e. The van der Waals surface area contributed by atoms with E-state index in [-0.39, 0.29) is 0 Å². The summed E-state index contributed by atoms with van der Waals surface area (Å²) in [6.45, 7) is 0. The van der Waals surface area contributed by atoms with Crippen LogP contribution in [0.4, 0.5) is 0 Å². The molecule has 0 bridgehead atoms. The van der Waals surface area contributed by atoms with Gasteiger partial charge in [-0.2, -0.15) is 0 Å². The molecule has 1 fully saturated rings. The normalized spacial score (nSPS) is 19.3. The van der Waals surface area contributed by atoms with E-state index in [9.17, 15) is 0 Å². The molecule has 1 saturated carbocycles. The van der Waals surface area contributed by atoms with Crippen LogP contribution in [-0.4, -0.2) is 6.04 Å². The van der Waals surface area contributed by atoms with Crippen molar-refractivity contribution >= 4 is 0 Å². The summed E-state index contributed by atoms with van der Waals surface area (Å²) in [6, 6.07) is 11.1. The Balaban J connectivity index is 1.96. The molecule has 0 aromatic heterocycles. The van der Waals surface area contributed by atoms with Crippen molar-refractivity contribution in [2.45, 2.75) is 38.1 Å². The van der Waals surface area contributed by atoms with Crippen LogP contribution in [0.2, 0.25) is 0 Å². The lowest BCUT2D eigenvalue weighted by Crippen LogP contribution is -2.41. The van der Waals surface area contributed by atoms with Crippen LogP contribution >= 0.6 is 0 Å². The number of hydrogen-bond acceptors (Lipinski definition) is 2. The number of hydrazine groups is 1. The number of hydrogen-bond donors (Lipinski definition) is 2. The molecular formula is C13H20N2. The van der Waals surface area contributed by atoms with Crippen molar-refractivity contribution in [2.24, 2.45) is 11.8 Å². The Kier molecular flexibility index (Phi) is 3.75. The average Bonchev–Trinajstić information content (AvgIpc) is 2.81. The van der Waals surface area contributed by atoms with Gasteiger partial charge in [-0.05, 0) is 30.7 Å². The molecule has 1 unspecified atom stereocenters. The van der Waals surface area contributed by atoms with E-state index in [1.54, 1.807) is 0 Å². The molecule has 2 rings (SSSR count). The van der Waals surface area contributed by atoms with Gasteiger partial charge in [0.2, 0.25) is 0 Å². The minimum atomic E-state index is 0.454.